The molecule has 0 amide bonds. The second-order valence-corrected chi connectivity index (χ2v) is 6.22. The van der Waals surface area contributed by atoms with E-state index in [9.17, 15) is 0 Å². The fourth-order valence-corrected chi connectivity index (χ4v) is 2.75. The Bertz CT molecular complexity index is 221. The van der Waals surface area contributed by atoms with E-state index in [1.165, 1.54) is 45.2 Å². The van der Waals surface area contributed by atoms with Crippen LogP contribution < -0.4 is 5.32 Å². The molecule has 1 rings (SSSR count). The minimum Gasteiger partial charge on any atom is -0.376 e. The molecule has 0 bridgehead atoms. The van der Waals surface area contributed by atoms with Gasteiger partial charge in [-0.1, -0.05) is 33.6 Å². The molecule has 0 aromatic rings. The zero-order valence-corrected chi connectivity index (χ0v) is 13.5. The van der Waals surface area contributed by atoms with Crippen molar-refractivity contribution in [1.82, 2.24) is 10.2 Å². The first-order chi connectivity index (χ1) is 9.13. The van der Waals surface area contributed by atoms with Crippen LogP contribution in [0.3, 0.4) is 0 Å². The van der Waals surface area contributed by atoms with Crippen molar-refractivity contribution in [2.24, 2.45) is 0 Å². The molecule has 19 heavy (non-hydrogen) atoms. The summed E-state index contributed by atoms with van der Waals surface area (Å²) in [6.45, 7) is 13.4. The Morgan fingerprint density at radius 2 is 1.95 bits per heavy atom. The van der Waals surface area contributed by atoms with Crippen molar-refractivity contribution in [2.45, 2.75) is 78.0 Å². The number of unbranched alkanes of at least 4 members (excludes halogenated alkanes) is 3. The van der Waals surface area contributed by atoms with Crippen molar-refractivity contribution in [2.75, 3.05) is 26.2 Å². The maximum atomic E-state index is 5.74. The van der Waals surface area contributed by atoms with Gasteiger partial charge in [-0.15, -0.1) is 0 Å². The van der Waals surface area contributed by atoms with Crippen molar-refractivity contribution < 1.29 is 4.74 Å². The molecule has 0 aromatic carbocycles. The number of hydrogen-bond donors (Lipinski definition) is 1. The number of hydrogen-bond acceptors (Lipinski definition) is 3. The van der Waals surface area contributed by atoms with E-state index in [-0.39, 0.29) is 0 Å². The standard InChI is InChI=1S/C16H34N2O/c1-5-16-13-19-15(4)12-18(16)11-9-7-6-8-10-17-14(2)3/h14-17H,5-13H2,1-4H3. The first kappa shape index (κ1) is 16.9. The van der Waals surface area contributed by atoms with Crippen molar-refractivity contribution in [3.8, 4) is 0 Å². The smallest absolute Gasteiger partial charge is 0.0674 e. The molecule has 114 valence electrons. The third kappa shape index (κ3) is 7.28. The van der Waals surface area contributed by atoms with Crippen molar-refractivity contribution in [1.29, 1.82) is 0 Å². The van der Waals surface area contributed by atoms with Gasteiger partial charge in [0.25, 0.3) is 0 Å². The van der Waals surface area contributed by atoms with Gasteiger partial charge in [0.2, 0.25) is 0 Å². The second-order valence-electron chi connectivity index (χ2n) is 6.22. The molecule has 1 heterocycles. The molecular formula is C16H34N2O. The first-order valence-electron chi connectivity index (χ1n) is 8.22. The molecule has 1 aliphatic heterocycles. The molecule has 0 radical (unpaired) electrons. The van der Waals surface area contributed by atoms with Crippen LogP contribution >= 0.6 is 0 Å². The van der Waals surface area contributed by atoms with E-state index in [0.29, 0.717) is 18.2 Å². The molecule has 0 spiro atoms. The fourth-order valence-electron chi connectivity index (χ4n) is 2.75. The topological polar surface area (TPSA) is 24.5 Å². The molecular weight excluding hydrogens is 236 g/mol. The third-order valence-corrected chi connectivity index (χ3v) is 3.98. The van der Waals surface area contributed by atoms with Crippen molar-refractivity contribution >= 4 is 0 Å². The Balaban J connectivity index is 2.04. The normalized spacial score (nSPS) is 25.1. The van der Waals surface area contributed by atoms with Gasteiger partial charge < -0.3 is 10.1 Å². The van der Waals surface area contributed by atoms with E-state index in [2.05, 4.69) is 37.9 Å². The molecule has 0 aliphatic carbocycles. The lowest BCUT2D eigenvalue weighted by atomic mass is 10.1. The van der Waals surface area contributed by atoms with Crippen LogP contribution in [0.25, 0.3) is 0 Å². The predicted octanol–water partition coefficient (Wildman–Crippen LogP) is 3.04. The Morgan fingerprint density at radius 1 is 1.21 bits per heavy atom. The van der Waals surface area contributed by atoms with Gasteiger partial charge in [0.1, 0.15) is 0 Å². The number of morpholine rings is 1. The van der Waals surface area contributed by atoms with Gasteiger partial charge in [0.15, 0.2) is 0 Å². The van der Waals surface area contributed by atoms with Crippen LogP contribution in [-0.4, -0.2) is 49.3 Å². The van der Waals surface area contributed by atoms with Crippen LogP contribution in [-0.2, 0) is 4.74 Å². The molecule has 1 aliphatic rings. The van der Waals surface area contributed by atoms with Crippen LogP contribution in [0.1, 0.15) is 59.8 Å². The maximum Gasteiger partial charge on any atom is 0.0674 e. The highest BCUT2D eigenvalue weighted by molar-refractivity contribution is 4.77. The summed E-state index contributed by atoms with van der Waals surface area (Å²) in [6.07, 6.45) is 7.00. The minimum atomic E-state index is 0.415. The van der Waals surface area contributed by atoms with Crippen molar-refractivity contribution in [3.63, 3.8) is 0 Å². The number of nitrogens with zero attached hydrogens (tertiary/aromatic N) is 1. The average molecular weight is 270 g/mol. The number of nitrogens with one attached hydrogen (secondary N) is 1. The largest absolute Gasteiger partial charge is 0.376 e. The lowest BCUT2D eigenvalue weighted by Gasteiger charge is -2.38. The van der Waals surface area contributed by atoms with Crippen molar-refractivity contribution in [3.05, 3.63) is 0 Å². The Kier molecular flexibility index (Phi) is 8.67. The second kappa shape index (κ2) is 9.73. The zero-order valence-electron chi connectivity index (χ0n) is 13.5. The third-order valence-electron chi connectivity index (χ3n) is 3.98. The summed E-state index contributed by atoms with van der Waals surface area (Å²) in [5.74, 6) is 0. The van der Waals surface area contributed by atoms with Gasteiger partial charge in [-0.2, -0.15) is 0 Å². The van der Waals surface area contributed by atoms with E-state index in [1.807, 2.05) is 0 Å². The van der Waals surface area contributed by atoms with Crippen LogP contribution in [0.4, 0.5) is 0 Å². The fraction of sp³-hybridized carbons (Fsp3) is 1.00. The van der Waals surface area contributed by atoms with Gasteiger partial charge in [0, 0.05) is 18.6 Å². The molecule has 0 saturated carbocycles. The summed E-state index contributed by atoms with van der Waals surface area (Å²) >= 11 is 0. The van der Waals surface area contributed by atoms with Crippen LogP contribution in [0.5, 0.6) is 0 Å². The molecule has 1 fully saturated rings. The monoisotopic (exact) mass is 270 g/mol. The minimum absolute atomic E-state index is 0.415. The van der Waals surface area contributed by atoms with E-state index < -0.39 is 0 Å². The quantitative estimate of drug-likeness (QED) is 0.652. The Hall–Kier alpha value is -0.120. The molecule has 1 N–H and O–H groups in total. The molecule has 3 nitrogen and oxygen atoms in total. The highest BCUT2D eigenvalue weighted by atomic mass is 16.5. The van der Waals surface area contributed by atoms with Crippen LogP contribution in [0.2, 0.25) is 0 Å². The zero-order chi connectivity index (χ0) is 14.1. The Morgan fingerprint density at radius 3 is 2.63 bits per heavy atom. The lowest BCUT2D eigenvalue weighted by molar-refractivity contribution is -0.0561. The van der Waals surface area contributed by atoms with E-state index >= 15 is 0 Å². The summed E-state index contributed by atoms with van der Waals surface area (Å²) in [7, 11) is 0. The summed E-state index contributed by atoms with van der Waals surface area (Å²) in [6, 6.07) is 1.28. The molecule has 0 aromatic heterocycles. The van der Waals surface area contributed by atoms with Crippen LogP contribution in [0.15, 0.2) is 0 Å². The molecule has 2 unspecified atom stereocenters. The molecule has 3 heteroatoms. The van der Waals surface area contributed by atoms with E-state index in [1.54, 1.807) is 0 Å². The van der Waals surface area contributed by atoms with Gasteiger partial charge in [-0.3, -0.25) is 4.90 Å². The maximum absolute atomic E-state index is 5.74. The molecule has 2 atom stereocenters. The highest BCUT2D eigenvalue weighted by Crippen LogP contribution is 2.15. The molecule has 1 saturated heterocycles. The van der Waals surface area contributed by atoms with Gasteiger partial charge in [-0.05, 0) is 39.3 Å². The summed E-state index contributed by atoms with van der Waals surface area (Å²) in [4.78, 5) is 2.64. The average Bonchev–Trinajstić information content (AvgIpc) is 2.37. The van der Waals surface area contributed by atoms with Crippen LogP contribution in [0, 0.1) is 0 Å². The first-order valence-corrected chi connectivity index (χ1v) is 8.22. The number of rotatable bonds is 9. The summed E-state index contributed by atoms with van der Waals surface area (Å²) in [5.41, 5.74) is 0. The summed E-state index contributed by atoms with van der Waals surface area (Å²) in [5, 5.41) is 3.48. The lowest BCUT2D eigenvalue weighted by Crippen LogP contribution is -2.48. The SMILES string of the molecule is CCC1COC(C)CN1CCCCCCNC(C)C. The Labute approximate surface area is 120 Å². The van der Waals surface area contributed by atoms with Gasteiger partial charge in [0.05, 0.1) is 12.7 Å². The van der Waals surface area contributed by atoms with E-state index in [4.69, 9.17) is 4.74 Å². The summed E-state index contributed by atoms with van der Waals surface area (Å²) < 4.78 is 5.74. The van der Waals surface area contributed by atoms with Gasteiger partial charge in [-0.25, -0.2) is 0 Å². The number of ether oxygens (including phenoxy) is 1. The van der Waals surface area contributed by atoms with E-state index in [0.717, 1.165) is 13.2 Å². The highest BCUT2D eigenvalue weighted by Gasteiger charge is 2.24. The predicted molar refractivity (Wildman–Crippen MR) is 82.7 cm³/mol. The van der Waals surface area contributed by atoms with Gasteiger partial charge >= 0.3 is 0 Å².